The van der Waals surface area contributed by atoms with E-state index in [0.717, 1.165) is 12.1 Å². The summed E-state index contributed by atoms with van der Waals surface area (Å²) in [5.74, 6) is 0.0246. The van der Waals surface area contributed by atoms with Gasteiger partial charge in [0, 0.05) is 42.7 Å². The SMILES string of the molecule is CN(C)Cc1ccc(CNC(=O)C2CCN(C(=O)c3ccc(Cl)cc3)CC2)cc1. The Bertz CT molecular complexity index is 826. The first kappa shape index (κ1) is 21.3. The van der Waals surface area contributed by atoms with Crippen molar-refractivity contribution in [1.29, 1.82) is 0 Å². The van der Waals surface area contributed by atoms with Crippen LogP contribution in [0.2, 0.25) is 5.02 Å². The van der Waals surface area contributed by atoms with Crippen molar-refractivity contribution >= 4 is 23.4 Å². The lowest BCUT2D eigenvalue weighted by Crippen LogP contribution is -2.42. The topological polar surface area (TPSA) is 52.7 Å². The van der Waals surface area contributed by atoms with E-state index in [0.29, 0.717) is 43.1 Å². The maximum Gasteiger partial charge on any atom is 0.253 e. The van der Waals surface area contributed by atoms with Crippen LogP contribution in [0.1, 0.15) is 34.3 Å². The minimum Gasteiger partial charge on any atom is -0.352 e. The summed E-state index contributed by atoms with van der Waals surface area (Å²) in [6, 6.07) is 15.3. The molecule has 154 valence electrons. The summed E-state index contributed by atoms with van der Waals surface area (Å²) in [7, 11) is 4.09. The second-order valence-corrected chi connectivity index (χ2v) is 8.28. The molecular formula is C23H28ClN3O2. The highest BCUT2D eigenvalue weighted by atomic mass is 35.5. The Hall–Kier alpha value is -2.37. The average Bonchev–Trinajstić information content (AvgIpc) is 2.73. The van der Waals surface area contributed by atoms with Gasteiger partial charge in [-0.1, -0.05) is 35.9 Å². The lowest BCUT2D eigenvalue weighted by Gasteiger charge is -2.31. The van der Waals surface area contributed by atoms with E-state index in [-0.39, 0.29) is 17.7 Å². The first-order valence-electron chi connectivity index (χ1n) is 9.97. The number of carbonyl (C=O) groups excluding carboxylic acids is 2. The van der Waals surface area contributed by atoms with Crippen molar-refractivity contribution in [2.45, 2.75) is 25.9 Å². The van der Waals surface area contributed by atoms with Crippen molar-refractivity contribution in [3.63, 3.8) is 0 Å². The van der Waals surface area contributed by atoms with Gasteiger partial charge < -0.3 is 15.1 Å². The van der Waals surface area contributed by atoms with Crippen LogP contribution in [0, 0.1) is 5.92 Å². The number of nitrogens with one attached hydrogen (secondary N) is 1. The Balaban J connectivity index is 1.45. The highest BCUT2D eigenvalue weighted by Gasteiger charge is 2.27. The maximum absolute atomic E-state index is 12.6. The number of rotatable bonds is 6. The zero-order valence-corrected chi connectivity index (χ0v) is 17.8. The Morgan fingerprint density at radius 3 is 2.17 bits per heavy atom. The molecule has 0 atom stereocenters. The number of nitrogens with zero attached hydrogens (tertiary/aromatic N) is 2. The van der Waals surface area contributed by atoms with Gasteiger partial charge in [0.15, 0.2) is 0 Å². The molecule has 3 rings (SSSR count). The van der Waals surface area contributed by atoms with Crippen LogP contribution in [0.15, 0.2) is 48.5 Å². The quantitative estimate of drug-likeness (QED) is 0.787. The van der Waals surface area contributed by atoms with Crippen LogP contribution >= 0.6 is 11.6 Å². The number of likely N-dealkylation sites (tertiary alicyclic amines) is 1. The predicted octanol–water partition coefficient (Wildman–Crippen LogP) is 3.57. The first-order valence-corrected chi connectivity index (χ1v) is 10.4. The third-order valence-corrected chi connectivity index (χ3v) is 5.48. The van der Waals surface area contributed by atoms with Crippen molar-refractivity contribution in [2.75, 3.05) is 27.2 Å². The van der Waals surface area contributed by atoms with Crippen LogP contribution in [0.25, 0.3) is 0 Å². The van der Waals surface area contributed by atoms with E-state index in [9.17, 15) is 9.59 Å². The Labute approximate surface area is 177 Å². The molecule has 0 unspecified atom stereocenters. The molecule has 1 heterocycles. The van der Waals surface area contributed by atoms with Crippen LogP contribution in [-0.4, -0.2) is 48.8 Å². The molecule has 1 saturated heterocycles. The molecule has 29 heavy (non-hydrogen) atoms. The second kappa shape index (κ2) is 9.90. The van der Waals surface area contributed by atoms with Crippen molar-refractivity contribution < 1.29 is 9.59 Å². The molecule has 0 aliphatic carbocycles. The van der Waals surface area contributed by atoms with E-state index < -0.39 is 0 Å². The Morgan fingerprint density at radius 2 is 1.59 bits per heavy atom. The molecule has 2 amide bonds. The number of halogens is 1. The van der Waals surface area contributed by atoms with E-state index in [4.69, 9.17) is 11.6 Å². The van der Waals surface area contributed by atoms with Crippen molar-refractivity contribution in [1.82, 2.24) is 15.1 Å². The van der Waals surface area contributed by atoms with Gasteiger partial charge in [0.2, 0.25) is 5.91 Å². The van der Waals surface area contributed by atoms with Gasteiger partial charge in [0.05, 0.1) is 0 Å². The fourth-order valence-corrected chi connectivity index (χ4v) is 3.71. The highest BCUT2D eigenvalue weighted by molar-refractivity contribution is 6.30. The van der Waals surface area contributed by atoms with Gasteiger partial charge >= 0.3 is 0 Å². The molecule has 1 N–H and O–H groups in total. The molecule has 0 aromatic heterocycles. The largest absolute Gasteiger partial charge is 0.352 e. The van der Waals surface area contributed by atoms with E-state index in [1.165, 1.54) is 5.56 Å². The number of piperidine rings is 1. The first-order chi connectivity index (χ1) is 13.9. The van der Waals surface area contributed by atoms with Gasteiger partial charge in [0.1, 0.15) is 0 Å². The van der Waals surface area contributed by atoms with Crippen LogP contribution in [0.3, 0.4) is 0 Å². The van der Waals surface area contributed by atoms with Gasteiger partial charge in [-0.3, -0.25) is 9.59 Å². The smallest absolute Gasteiger partial charge is 0.253 e. The monoisotopic (exact) mass is 413 g/mol. The fourth-order valence-electron chi connectivity index (χ4n) is 3.58. The maximum atomic E-state index is 12.6. The van der Waals surface area contributed by atoms with Crippen LogP contribution in [-0.2, 0) is 17.9 Å². The number of hydrogen-bond donors (Lipinski definition) is 1. The molecule has 6 heteroatoms. The van der Waals surface area contributed by atoms with Crippen molar-refractivity contribution in [2.24, 2.45) is 5.92 Å². The van der Waals surface area contributed by atoms with Gasteiger partial charge in [-0.2, -0.15) is 0 Å². The van der Waals surface area contributed by atoms with Crippen LogP contribution < -0.4 is 5.32 Å². The van der Waals surface area contributed by atoms with Gasteiger partial charge in [0.25, 0.3) is 5.91 Å². The third kappa shape index (κ3) is 6.05. The molecule has 2 aromatic carbocycles. The minimum atomic E-state index is -0.0442. The Morgan fingerprint density at radius 1 is 1.00 bits per heavy atom. The second-order valence-electron chi connectivity index (χ2n) is 7.85. The third-order valence-electron chi connectivity index (χ3n) is 5.23. The van der Waals surface area contributed by atoms with E-state index in [1.807, 2.05) is 19.0 Å². The number of carbonyl (C=O) groups is 2. The summed E-state index contributed by atoms with van der Waals surface area (Å²) in [6.07, 6.45) is 1.37. The van der Waals surface area contributed by atoms with Crippen LogP contribution in [0.5, 0.6) is 0 Å². The predicted molar refractivity (Wildman–Crippen MR) is 116 cm³/mol. The molecule has 0 spiro atoms. The van der Waals surface area contributed by atoms with Crippen molar-refractivity contribution in [3.8, 4) is 0 Å². The molecule has 0 bridgehead atoms. The standard InChI is InChI=1S/C23H28ClN3O2/c1-26(2)16-18-5-3-17(4-6-18)15-25-22(28)19-11-13-27(14-12-19)23(29)20-7-9-21(24)10-8-20/h3-10,19H,11-16H2,1-2H3,(H,25,28). The zero-order chi connectivity index (χ0) is 20.8. The zero-order valence-electron chi connectivity index (χ0n) is 17.0. The van der Waals surface area contributed by atoms with E-state index in [1.54, 1.807) is 24.3 Å². The van der Waals surface area contributed by atoms with Gasteiger partial charge in [-0.05, 0) is 62.3 Å². The summed E-state index contributed by atoms with van der Waals surface area (Å²) in [6.45, 7) is 2.63. The van der Waals surface area contributed by atoms with E-state index in [2.05, 4.69) is 34.5 Å². The Kier molecular flexibility index (Phi) is 7.29. The van der Waals surface area contributed by atoms with Crippen LogP contribution in [0.4, 0.5) is 0 Å². The normalized spacial score (nSPS) is 14.8. The molecule has 1 fully saturated rings. The molecule has 1 aliphatic rings. The van der Waals surface area contributed by atoms with Crippen molar-refractivity contribution in [3.05, 3.63) is 70.2 Å². The molecule has 2 aromatic rings. The highest BCUT2D eigenvalue weighted by Crippen LogP contribution is 2.20. The lowest BCUT2D eigenvalue weighted by molar-refractivity contribution is -0.126. The summed E-state index contributed by atoms with van der Waals surface area (Å²) in [5, 5.41) is 3.66. The summed E-state index contributed by atoms with van der Waals surface area (Å²) < 4.78 is 0. The summed E-state index contributed by atoms with van der Waals surface area (Å²) in [5.41, 5.74) is 2.98. The van der Waals surface area contributed by atoms with Gasteiger partial charge in [-0.15, -0.1) is 0 Å². The minimum absolute atomic E-state index is 0.00154. The summed E-state index contributed by atoms with van der Waals surface area (Å²) >= 11 is 5.89. The molecule has 0 saturated carbocycles. The molecule has 0 radical (unpaired) electrons. The number of hydrogen-bond acceptors (Lipinski definition) is 3. The van der Waals surface area contributed by atoms with Gasteiger partial charge in [-0.25, -0.2) is 0 Å². The number of benzene rings is 2. The summed E-state index contributed by atoms with van der Waals surface area (Å²) in [4.78, 5) is 29.0. The molecular weight excluding hydrogens is 386 g/mol. The molecule has 1 aliphatic heterocycles. The number of amides is 2. The fraction of sp³-hybridized carbons (Fsp3) is 0.391. The van der Waals surface area contributed by atoms with E-state index >= 15 is 0 Å². The lowest BCUT2D eigenvalue weighted by atomic mass is 9.95. The molecule has 5 nitrogen and oxygen atoms in total. The average molecular weight is 414 g/mol.